The fourth-order valence-corrected chi connectivity index (χ4v) is 2.87. The largest absolute Gasteiger partial charge is 0.372 e. The average Bonchev–Trinajstić information content (AvgIpc) is 2.46. The Morgan fingerprint density at radius 3 is 2.52 bits per heavy atom. The second-order valence-electron chi connectivity index (χ2n) is 5.62. The molecule has 1 fully saturated rings. The Hall–Kier alpha value is -2.07. The van der Waals surface area contributed by atoms with Crippen LogP contribution in [-0.4, -0.2) is 36.2 Å². The molecule has 2 aromatic rings. The number of ether oxygens (including phenoxy) is 1. The van der Waals surface area contributed by atoms with E-state index in [1.54, 1.807) is 0 Å². The first-order valence-corrected chi connectivity index (χ1v) is 7.32. The number of hydrogen-bond donors (Lipinski definition) is 1. The summed E-state index contributed by atoms with van der Waals surface area (Å²) in [6, 6.07) is 13.9. The van der Waals surface area contributed by atoms with Gasteiger partial charge in [-0.25, -0.2) is 4.79 Å². The number of benzene rings is 2. The van der Waals surface area contributed by atoms with Crippen LogP contribution in [0.1, 0.15) is 13.8 Å². The van der Waals surface area contributed by atoms with Crippen molar-refractivity contribution in [2.24, 2.45) is 0 Å². The third kappa shape index (κ3) is 3.00. The van der Waals surface area contributed by atoms with Crippen LogP contribution < -0.4 is 5.32 Å². The quantitative estimate of drug-likeness (QED) is 0.871. The molecule has 0 unspecified atom stereocenters. The lowest BCUT2D eigenvalue weighted by atomic mass is 10.1. The molecule has 1 heterocycles. The predicted octanol–water partition coefficient (Wildman–Crippen LogP) is 3.48. The molecule has 4 nitrogen and oxygen atoms in total. The molecule has 1 aliphatic heterocycles. The maximum Gasteiger partial charge on any atom is 0.322 e. The summed E-state index contributed by atoms with van der Waals surface area (Å²) < 4.78 is 5.67. The van der Waals surface area contributed by atoms with Crippen molar-refractivity contribution in [1.82, 2.24) is 4.90 Å². The van der Waals surface area contributed by atoms with E-state index in [4.69, 9.17) is 4.74 Å². The average molecular weight is 284 g/mol. The van der Waals surface area contributed by atoms with Gasteiger partial charge in [0.2, 0.25) is 0 Å². The van der Waals surface area contributed by atoms with Crippen LogP contribution in [0.15, 0.2) is 42.5 Å². The summed E-state index contributed by atoms with van der Waals surface area (Å²) in [5.41, 5.74) is 0.852. The van der Waals surface area contributed by atoms with E-state index >= 15 is 0 Å². The normalized spacial score (nSPS) is 22.3. The summed E-state index contributed by atoms with van der Waals surface area (Å²) in [7, 11) is 0. The van der Waals surface area contributed by atoms with Gasteiger partial charge in [0, 0.05) is 18.5 Å². The molecule has 0 saturated carbocycles. The lowest BCUT2D eigenvalue weighted by molar-refractivity contribution is -0.0530. The summed E-state index contributed by atoms with van der Waals surface area (Å²) in [6.07, 6.45) is 0.152. The van der Waals surface area contributed by atoms with Crippen molar-refractivity contribution in [3.05, 3.63) is 42.5 Å². The number of fused-ring (bicyclic) bond motifs is 1. The highest BCUT2D eigenvalue weighted by Crippen LogP contribution is 2.23. The minimum absolute atomic E-state index is 0.0617. The number of rotatable bonds is 1. The van der Waals surface area contributed by atoms with Gasteiger partial charge in [-0.05, 0) is 25.3 Å². The number of nitrogens with zero attached hydrogens (tertiary/aromatic N) is 1. The molecule has 0 spiro atoms. The molecule has 21 heavy (non-hydrogen) atoms. The monoisotopic (exact) mass is 284 g/mol. The van der Waals surface area contributed by atoms with Gasteiger partial charge in [0.15, 0.2) is 0 Å². The van der Waals surface area contributed by atoms with Gasteiger partial charge in [-0.15, -0.1) is 0 Å². The van der Waals surface area contributed by atoms with E-state index in [1.807, 2.05) is 61.2 Å². The van der Waals surface area contributed by atoms with Gasteiger partial charge in [-0.3, -0.25) is 0 Å². The molecule has 0 aliphatic carbocycles. The molecule has 1 aliphatic rings. The molecule has 2 atom stereocenters. The van der Waals surface area contributed by atoms with E-state index in [0.29, 0.717) is 13.1 Å². The van der Waals surface area contributed by atoms with Gasteiger partial charge < -0.3 is 15.0 Å². The smallest absolute Gasteiger partial charge is 0.322 e. The maximum absolute atomic E-state index is 12.5. The Morgan fingerprint density at radius 2 is 1.76 bits per heavy atom. The minimum atomic E-state index is -0.0617. The van der Waals surface area contributed by atoms with Crippen LogP contribution in [0, 0.1) is 0 Å². The van der Waals surface area contributed by atoms with Gasteiger partial charge >= 0.3 is 6.03 Å². The van der Waals surface area contributed by atoms with E-state index in [-0.39, 0.29) is 18.2 Å². The summed E-state index contributed by atoms with van der Waals surface area (Å²) in [5, 5.41) is 5.21. The number of anilines is 1. The lowest BCUT2D eigenvalue weighted by Crippen LogP contribution is -2.49. The van der Waals surface area contributed by atoms with Gasteiger partial charge in [0.25, 0.3) is 0 Å². The molecular weight excluding hydrogens is 264 g/mol. The minimum Gasteiger partial charge on any atom is -0.372 e. The lowest BCUT2D eigenvalue weighted by Gasteiger charge is -2.35. The van der Waals surface area contributed by atoms with Crippen LogP contribution >= 0.6 is 0 Å². The third-order valence-electron chi connectivity index (χ3n) is 3.74. The number of carbonyl (C=O) groups is 1. The van der Waals surface area contributed by atoms with Crippen LogP contribution in [0.25, 0.3) is 10.8 Å². The van der Waals surface area contributed by atoms with E-state index in [1.165, 1.54) is 0 Å². The van der Waals surface area contributed by atoms with Crippen LogP contribution in [0.5, 0.6) is 0 Å². The fourth-order valence-electron chi connectivity index (χ4n) is 2.87. The summed E-state index contributed by atoms with van der Waals surface area (Å²) in [6.45, 7) is 5.24. The van der Waals surface area contributed by atoms with Crippen molar-refractivity contribution >= 4 is 22.5 Å². The van der Waals surface area contributed by atoms with Crippen LogP contribution in [0.2, 0.25) is 0 Å². The van der Waals surface area contributed by atoms with Crippen molar-refractivity contribution in [3.8, 4) is 0 Å². The Balaban J connectivity index is 1.80. The molecular formula is C17H20N2O2. The Kier molecular flexibility index (Phi) is 3.80. The Labute approximate surface area is 124 Å². The van der Waals surface area contributed by atoms with Crippen molar-refractivity contribution in [1.29, 1.82) is 0 Å². The van der Waals surface area contributed by atoms with Crippen LogP contribution in [0.3, 0.4) is 0 Å². The highest BCUT2D eigenvalue weighted by atomic mass is 16.5. The molecule has 2 amide bonds. The van der Waals surface area contributed by atoms with Gasteiger partial charge in [0.1, 0.15) is 0 Å². The first kappa shape index (κ1) is 13.9. The first-order valence-electron chi connectivity index (χ1n) is 7.32. The number of amides is 2. The fraction of sp³-hybridized carbons (Fsp3) is 0.353. The van der Waals surface area contributed by atoms with Crippen molar-refractivity contribution in [3.63, 3.8) is 0 Å². The molecule has 3 rings (SSSR count). The molecule has 1 N–H and O–H groups in total. The number of morpholine rings is 1. The van der Waals surface area contributed by atoms with Crippen molar-refractivity contribution in [2.75, 3.05) is 18.4 Å². The molecule has 110 valence electrons. The van der Waals surface area contributed by atoms with Crippen LogP contribution in [-0.2, 0) is 4.74 Å². The summed E-state index contributed by atoms with van der Waals surface area (Å²) >= 11 is 0. The Bertz CT molecular complexity index is 641. The van der Waals surface area contributed by atoms with Crippen LogP contribution in [0.4, 0.5) is 10.5 Å². The van der Waals surface area contributed by atoms with Crippen molar-refractivity contribution in [2.45, 2.75) is 26.1 Å². The molecule has 1 saturated heterocycles. The third-order valence-corrected chi connectivity index (χ3v) is 3.74. The standard InChI is InChI=1S/C17H20N2O2/c1-12-10-19(11-13(2)21-12)17(20)18-16-9-5-7-14-6-3-4-8-15(14)16/h3-9,12-13H,10-11H2,1-2H3,(H,18,20)/t12-,13-/m1/s1. The molecule has 0 bridgehead atoms. The number of carbonyl (C=O) groups excluding carboxylic acids is 1. The van der Waals surface area contributed by atoms with E-state index in [9.17, 15) is 4.79 Å². The predicted molar refractivity (Wildman–Crippen MR) is 84.5 cm³/mol. The summed E-state index contributed by atoms with van der Waals surface area (Å²) in [4.78, 5) is 14.3. The number of hydrogen-bond acceptors (Lipinski definition) is 2. The highest BCUT2D eigenvalue weighted by molar-refractivity contribution is 6.01. The maximum atomic E-state index is 12.5. The zero-order valence-electron chi connectivity index (χ0n) is 12.4. The molecule has 2 aromatic carbocycles. The molecule has 0 aromatic heterocycles. The van der Waals surface area contributed by atoms with E-state index in [0.717, 1.165) is 16.5 Å². The Morgan fingerprint density at radius 1 is 1.10 bits per heavy atom. The van der Waals surface area contributed by atoms with Crippen molar-refractivity contribution < 1.29 is 9.53 Å². The molecule has 4 heteroatoms. The number of nitrogens with one attached hydrogen (secondary N) is 1. The summed E-state index contributed by atoms with van der Waals surface area (Å²) in [5.74, 6) is 0. The molecule has 0 radical (unpaired) electrons. The zero-order chi connectivity index (χ0) is 14.8. The van der Waals surface area contributed by atoms with Gasteiger partial charge in [-0.2, -0.15) is 0 Å². The SMILES string of the molecule is C[C@@H]1CN(C(=O)Nc2cccc3ccccc23)C[C@@H](C)O1. The van der Waals surface area contributed by atoms with Gasteiger partial charge in [0.05, 0.1) is 17.9 Å². The van der Waals surface area contributed by atoms with Gasteiger partial charge in [-0.1, -0.05) is 36.4 Å². The second kappa shape index (κ2) is 5.74. The van der Waals surface area contributed by atoms with E-state index in [2.05, 4.69) is 5.32 Å². The number of urea groups is 1. The van der Waals surface area contributed by atoms with E-state index < -0.39 is 0 Å². The second-order valence-corrected chi connectivity index (χ2v) is 5.62. The first-order chi connectivity index (χ1) is 10.1. The highest BCUT2D eigenvalue weighted by Gasteiger charge is 2.26. The zero-order valence-corrected chi connectivity index (χ0v) is 12.4. The topological polar surface area (TPSA) is 41.6 Å².